The van der Waals surface area contributed by atoms with Gasteiger partial charge < -0.3 is 14.9 Å². The number of carboxylic acid groups (broad SMARTS) is 1. The highest BCUT2D eigenvalue weighted by molar-refractivity contribution is 5.93. The lowest BCUT2D eigenvalue weighted by molar-refractivity contribution is -0.153. The van der Waals surface area contributed by atoms with Gasteiger partial charge in [0.15, 0.2) is 5.69 Å². The smallest absolute Gasteiger partial charge is 0.432 e. The highest BCUT2D eigenvalue weighted by Gasteiger charge is 2.55. The highest BCUT2D eigenvalue weighted by atomic mass is 19.4. The number of carbonyl (C=O) groups excluding carboxylic acids is 1. The number of hydrogen-bond donors (Lipinski definition) is 2. The predicted molar refractivity (Wildman–Crippen MR) is 75.2 cm³/mol. The molecule has 0 aliphatic carbocycles. The summed E-state index contributed by atoms with van der Waals surface area (Å²) >= 11 is 0. The molecule has 0 saturated carbocycles. The van der Waals surface area contributed by atoms with Crippen molar-refractivity contribution in [2.24, 2.45) is 11.3 Å². The minimum absolute atomic E-state index is 0.0234. The van der Waals surface area contributed by atoms with Gasteiger partial charge in [0.05, 0.1) is 0 Å². The third kappa shape index (κ3) is 2.64. The molecule has 2 fully saturated rings. The first-order valence-electron chi connectivity index (χ1n) is 7.47. The monoisotopic (exact) mass is 346 g/mol. The lowest BCUT2D eigenvalue weighted by atomic mass is 9.73. The van der Waals surface area contributed by atoms with E-state index in [1.165, 1.54) is 4.90 Å². The predicted octanol–water partition coefficient (Wildman–Crippen LogP) is 0.907. The molecule has 7 nitrogen and oxygen atoms in total. The first-order valence-corrected chi connectivity index (χ1v) is 7.47. The van der Waals surface area contributed by atoms with Crippen molar-refractivity contribution in [3.63, 3.8) is 0 Å². The molecule has 1 aromatic rings. The van der Waals surface area contributed by atoms with E-state index in [9.17, 15) is 27.9 Å². The number of halogens is 3. The lowest BCUT2D eigenvalue weighted by Crippen LogP contribution is -2.52. The van der Waals surface area contributed by atoms with Gasteiger partial charge in [-0.25, -0.2) is 0 Å². The van der Waals surface area contributed by atoms with Crippen molar-refractivity contribution in [2.45, 2.75) is 12.6 Å². The number of aromatic amines is 1. The van der Waals surface area contributed by atoms with Gasteiger partial charge >= 0.3 is 12.1 Å². The Labute approximate surface area is 135 Å². The molecule has 0 spiro atoms. The van der Waals surface area contributed by atoms with E-state index < -0.39 is 29.2 Å². The zero-order valence-electron chi connectivity index (χ0n) is 12.9. The Balaban J connectivity index is 1.82. The fourth-order valence-electron chi connectivity index (χ4n) is 3.66. The van der Waals surface area contributed by atoms with Gasteiger partial charge in [-0.3, -0.25) is 14.7 Å². The van der Waals surface area contributed by atoms with Crippen LogP contribution in [0.2, 0.25) is 0 Å². The Bertz CT molecular complexity index is 674. The molecule has 2 aliphatic rings. The second-order valence-corrected chi connectivity index (χ2v) is 6.53. The molecule has 0 aromatic carbocycles. The van der Waals surface area contributed by atoms with E-state index in [0.29, 0.717) is 19.0 Å². The topological polar surface area (TPSA) is 89.5 Å². The van der Waals surface area contributed by atoms with Crippen LogP contribution in [0.15, 0.2) is 6.07 Å². The van der Waals surface area contributed by atoms with Gasteiger partial charge in [-0.15, -0.1) is 0 Å². The van der Waals surface area contributed by atoms with Crippen molar-refractivity contribution in [3.05, 3.63) is 17.5 Å². The van der Waals surface area contributed by atoms with Crippen molar-refractivity contribution >= 4 is 11.9 Å². The first-order chi connectivity index (χ1) is 11.1. The Morgan fingerprint density at radius 1 is 1.42 bits per heavy atom. The summed E-state index contributed by atoms with van der Waals surface area (Å²) in [7, 11) is 1.81. The fraction of sp³-hybridized carbons (Fsp3) is 0.643. The average Bonchev–Trinajstić information content (AvgIpc) is 3.10. The van der Waals surface area contributed by atoms with Crippen LogP contribution in [0, 0.1) is 11.3 Å². The zero-order chi connectivity index (χ0) is 17.7. The normalized spacial score (nSPS) is 28.0. The van der Waals surface area contributed by atoms with Gasteiger partial charge in [0, 0.05) is 25.7 Å². The summed E-state index contributed by atoms with van der Waals surface area (Å²) in [5, 5.41) is 14.9. The van der Waals surface area contributed by atoms with E-state index in [4.69, 9.17) is 0 Å². The SMILES string of the molecule is CN1CC[C@H]2CN(C(=O)c3cc(C(F)(F)F)[nH]n3)C[C@@]2(C(=O)O)C1. The van der Waals surface area contributed by atoms with E-state index in [1.54, 1.807) is 5.10 Å². The number of piperidine rings is 1. The molecule has 2 saturated heterocycles. The van der Waals surface area contributed by atoms with Crippen LogP contribution in [0.4, 0.5) is 13.2 Å². The van der Waals surface area contributed by atoms with E-state index in [0.717, 1.165) is 6.54 Å². The molecule has 2 aliphatic heterocycles. The zero-order valence-corrected chi connectivity index (χ0v) is 12.9. The quantitative estimate of drug-likeness (QED) is 0.831. The highest BCUT2D eigenvalue weighted by Crippen LogP contribution is 2.42. The number of rotatable bonds is 2. The molecule has 24 heavy (non-hydrogen) atoms. The standard InChI is InChI=1S/C14H17F3N4O3/c1-20-3-2-8-5-21(7-13(8,6-20)12(23)24)11(22)9-4-10(19-18-9)14(15,16)17/h4,8H,2-3,5-7H2,1H3,(H,18,19)(H,23,24)/t8-,13-/m0/s1. The summed E-state index contributed by atoms with van der Waals surface area (Å²) in [6.45, 7) is 1.23. The number of nitrogens with zero attached hydrogens (tertiary/aromatic N) is 3. The van der Waals surface area contributed by atoms with E-state index in [-0.39, 0.29) is 24.7 Å². The summed E-state index contributed by atoms with van der Waals surface area (Å²) in [5.74, 6) is -1.87. The molecule has 0 radical (unpaired) electrons. The maximum Gasteiger partial charge on any atom is 0.432 e. The van der Waals surface area contributed by atoms with Crippen molar-refractivity contribution in [2.75, 3.05) is 33.2 Å². The van der Waals surface area contributed by atoms with Crippen molar-refractivity contribution in [3.8, 4) is 0 Å². The largest absolute Gasteiger partial charge is 0.481 e. The summed E-state index contributed by atoms with van der Waals surface area (Å²) in [6.07, 6.45) is -3.99. The van der Waals surface area contributed by atoms with Crippen LogP contribution >= 0.6 is 0 Å². The maximum absolute atomic E-state index is 12.6. The number of amides is 1. The minimum atomic E-state index is -4.62. The van der Waals surface area contributed by atoms with Crippen LogP contribution in [-0.4, -0.2) is 70.2 Å². The lowest BCUT2D eigenvalue weighted by Gasteiger charge is -2.39. The summed E-state index contributed by atoms with van der Waals surface area (Å²) in [4.78, 5) is 27.5. The Morgan fingerprint density at radius 2 is 2.12 bits per heavy atom. The maximum atomic E-state index is 12.6. The first kappa shape index (κ1) is 16.7. The number of aliphatic carboxylic acids is 1. The van der Waals surface area contributed by atoms with Crippen LogP contribution in [0.1, 0.15) is 22.6 Å². The van der Waals surface area contributed by atoms with Gasteiger partial charge in [0.1, 0.15) is 11.1 Å². The second-order valence-electron chi connectivity index (χ2n) is 6.53. The fourth-order valence-corrected chi connectivity index (χ4v) is 3.66. The molecule has 132 valence electrons. The molecule has 2 N–H and O–H groups in total. The van der Waals surface area contributed by atoms with Gasteiger partial charge in [-0.05, 0) is 25.9 Å². The molecule has 3 rings (SSSR count). The molecule has 0 bridgehead atoms. The number of likely N-dealkylation sites (tertiary alicyclic amines) is 2. The Hall–Kier alpha value is -2.10. The Kier molecular flexibility index (Phi) is 3.82. The number of nitrogens with one attached hydrogen (secondary N) is 1. The van der Waals surface area contributed by atoms with Crippen molar-refractivity contribution < 1.29 is 27.9 Å². The number of hydrogen-bond acceptors (Lipinski definition) is 4. The molecular formula is C14H17F3N4O3. The van der Waals surface area contributed by atoms with E-state index in [2.05, 4.69) is 5.10 Å². The number of alkyl halides is 3. The average molecular weight is 346 g/mol. The molecule has 1 aromatic heterocycles. The van der Waals surface area contributed by atoms with Crippen molar-refractivity contribution in [1.29, 1.82) is 0 Å². The summed E-state index contributed by atoms with van der Waals surface area (Å²) in [6, 6.07) is 0.657. The van der Waals surface area contributed by atoms with Gasteiger partial charge in [-0.1, -0.05) is 0 Å². The number of carboxylic acids is 1. The van der Waals surface area contributed by atoms with E-state index >= 15 is 0 Å². The second kappa shape index (κ2) is 5.47. The molecule has 3 heterocycles. The third-order valence-electron chi connectivity index (χ3n) is 4.92. The molecule has 2 atom stereocenters. The van der Waals surface area contributed by atoms with Crippen LogP contribution in [0.3, 0.4) is 0 Å². The number of carbonyl (C=O) groups is 2. The van der Waals surface area contributed by atoms with Crippen molar-refractivity contribution in [1.82, 2.24) is 20.0 Å². The van der Waals surface area contributed by atoms with Crippen LogP contribution < -0.4 is 0 Å². The number of fused-ring (bicyclic) bond motifs is 1. The summed E-state index contributed by atoms with van der Waals surface area (Å²) in [5.41, 5.74) is -2.53. The van der Waals surface area contributed by atoms with Crippen LogP contribution in [-0.2, 0) is 11.0 Å². The summed E-state index contributed by atoms with van der Waals surface area (Å²) < 4.78 is 37.8. The van der Waals surface area contributed by atoms with Gasteiger partial charge in [-0.2, -0.15) is 18.3 Å². The Morgan fingerprint density at radius 3 is 2.71 bits per heavy atom. The third-order valence-corrected chi connectivity index (χ3v) is 4.92. The van der Waals surface area contributed by atoms with Gasteiger partial charge in [0.25, 0.3) is 5.91 Å². The molecule has 10 heteroatoms. The number of H-pyrrole nitrogens is 1. The minimum Gasteiger partial charge on any atom is -0.481 e. The van der Waals surface area contributed by atoms with E-state index in [1.807, 2.05) is 11.9 Å². The van der Waals surface area contributed by atoms with Gasteiger partial charge in [0.2, 0.25) is 0 Å². The molecule has 1 amide bonds. The molecular weight excluding hydrogens is 329 g/mol. The van der Waals surface area contributed by atoms with Crippen LogP contribution in [0.25, 0.3) is 0 Å². The number of aromatic nitrogens is 2. The molecule has 0 unspecified atom stereocenters. The van der Waals surface area contributed by atoms with Crippen LogP contribution in [0.5, 0.6) is 0 Å².